The maximum absolute atomic E-state index is 6.10. The number of fused-ring (bicyclic) bond motifs is 2. The van der Waals surface area contributed by atoms with E-state index in [1.807, 2.05) is 12.5 Å². The van der Waals surface area contributed by atoms with Crippen molar-refractivity contribution in [3.63, 3.8) is 0 Å². The lowest BCUT2D eigenvalue weighted by atomic mass is 9.98. The van der Waals surface area contributed by atoms with Crippen molar-refractivity contribution in [1.82, 2.24) is 14.5 Å². The number of hydrogen-bond donors (Lipinski definition) is 1. The van der Waals surface area contributed by atoms with Gasteiger partial charge in [0.25, 0.3) is 0 Å². The molecule has 2 unspecified atom stereocenters. The predicted octanol–water partition coefficient (Wildman–Crippen LogP) is 1.36. The van der Waals surface area contributed by atoms with Crippen LogP contribution in [0.3, 0.4) is 0 Å². The average Bonchev–Trinajstić information content (AvgIpc) is 2.84. The van der Waals surface area contributed by atoms with Crippen molar-refractivity contribution in [3.8, 4) is 0 Å². The fourth-order valence-electron chi connectivity index (χ4n) is 3.53. The Labute approximate surface area is 103 Å². The molecular formula is C13H22N4. The highest BCUT2D eigenvalue weighted by Gasteiger charge is 2.39. The topological polar surface area (TPSA) is 47.1 Å². The highest BCUT2D eigenvalue weighted by atomic mass is 15.2. The Morgan fingerprint density at radius 1 is 1.35 bits per heavy atom. The zero-order valence-corrected chi connectivity index (χ0v) is 10.5. The quantitative estimate of drug-likeness (QED) is 0.859. The summed E-state index contributed by atoms with van der Waals surface area (Å²) in [5.74, 6) is 0. The highest BCUT2D eigenvalue weighted by Crippen LogP contribution is 2.36. The fraction of sp³-hybridized carbons (Fsp3) is 0.769. The molecule has 2 saturated heterocycles. The third kappa shape index (κ3) is 2.00. The van der Waals surface area contributed by atoms with Gasteiger partial charge in [0.1, 0.15) is 0 Å². The van der Waals surface area contributed by atoms with Crippen LogP contribution in [0, 0.1) is 0 Å². The number of nitrogens with two attached hydrogens (primary N) is 1. The molecule has 94 valence electrons. The van der Waals surface area contributed by atoms with Crippen LogP contribution in [0.4, 0.5) is 0 Å². The molecule has 0 aliphatic carbocycles. The lowest BCUT2D eigenvalue weighted by molar-refractivity contribution is 0.117. The fourth-order valence-corrected chi connectivity index (χ4v) is 3.53. The maximum Gasteiger partial charge on any atom is 0.0948 e. The molecule has 2 atom stereocenters. The summed E-state index contributed by atoms with van der Waals surface area (Å²) in [6.45, 7) is 4.24. The molecule has 4 heteroatoms. The van der Waals surface area contributed by atoms with E-state index >= 15 is 0 Å². The van der Waals surface area contributed by atoms with Gasteiger partial charge in [-0.25, -0.2) is 4.98 Å². The van der Waals surface area contributed by atoms with Crippen LogP contribution in [0.1, 0.15) is 38.3 Å². The highest BCUT2D eigenvalue weighted by molar-refractivity contribution is 5.03. The van der Waals surface area contributed by atoms with Gasteiger partial charge in [-0.05, 0) is 32.6 Å². The van der Waals surface area contributed by atoms with Crippen LogP contribution in [0.15, 0.2) is 12.5 Å². The largest absolute Gasteiger partial charge is 0.334 e. The van der Waals surface area contributed by atoms with Gasteiger partial charge in [-0.1, -0.05) is 0 Å². The number of imidazole rings is 1. The minimum absolute atomic E-state index is 0.430. The van der Waals surface area contributed by atoms with E-state index in [4.69, 9.17) is 5.73 Å². The van der Waals surface area contributed by atoms with Gasteiger partial charge in [0.2, 0.25) is 0 Å². The van der Waals surface area contributed by atoms with Crippen LogP contribution in [-0.2, 0) is 13.1 Å². The van der Waals surface area contributed by atoms with Crippen LogP contribution in [0.2, 0.25) is 0 Å². The van der Waals surface area contributed by atoms with E-state index < -0.39 is 0 Å². The molecule has 4 nitrogen and oxygen atoms in total. The third-order valence-corrected chi connectivity index (χ3v) is 4.40. The zero-order chi connectivity index (χ0) is 11.8. The molecule has 3 heterocycles. The summed E-state index contributed by atoms with van der Waals surface area (Å²) < 4.78 is 2.24. The molecule has 3 rings (SSSR count). The Bertz CT molecular complexity index is 373. The normalized spacial score (nSPS) is 33.2. The summed E-state index contributed by atoms with van der Waals surface area (Å²) >= 11 is 0. The molecule has 0 amide bonds. The zero-order valence-electron chi connectivity index (χ0n) is 10.5. The Hall–Kier alpha value is -0.870. The van der Waals surface area contributed by atoms with Gasteiger partial charge in [-0.3, -0.25) is 4.90 Å². The van der Waals surface area contributed by atoms with E-state index in [2.05, 4.69) is 21.4 Å². The smallest absolute Gasteiger partial charge is 0.0948 e. The molecule has 2 aliphatic heterocycles. The second kappa shape index (κ2) is 4.42. The van der Waals surface area contributed by atoms with Crippen LogP contribution in [0.5, 0.6) is 0 Å². The van der Waals surface area contributed by atoms with Gasteiger partial charge in [0.15, 0.2) is 0 Å². The maximum atomic E-state index is 6.10. The van der Waals surface area contributed by atoms with Crippen molar-refractivity contribution in [1.29, 1.82) is 0 Å². The second-order valence-electron chi connectivity index (χ2n) is 5.46. The van der Waals surface area contributed by atoms with Crippen LogP contribution < -0.4 is 5.73 Å². The van der Waals surface area contributed by atoms with Gasteiger partial charge in [0, 0.05) is 37.4 Å². The third-order valence-electron chi connectivity index (χ3n) is 4.40. The molecule has 2 fully saturated rings. The van der Waals surface area contributed by atoms with Gasteiger partial charge in [-0.15, -0.1) is 0 Å². The Morgan fingerprint density at radius 2 is 2.06 bits per heavy atom. The number of nitrogens with zero attached hydrogens (tertiary/aromatic N) is 3. The van der Waals surface area contributed by atoms with Gasteiger partial charge < -0.3 is 10.3 Å². The summed E-state index contributed by atoms with van der Waals surface area (Å²) in [4.78, 5) is 6.91. The number of piperidine rings is 1. The lowest BCUT2D eigenvalue weighted by Crippen LogP contribution is -2.47. The van der Waals surface area contributed by atoms with Crippen molar-refractivity contribution in [2.45, 2.75) is 63.8 Å². The van der Waals surface area contributed by atoms with Crippen molar-refractivity contribution < 1.29 is 0 Å². The summed E-state index contributed by atoms with van der Waals surface area (Å²) in [7, 11) is 0. The second-order valence-corrected chi connectivity index (χ2v) is 5.46. The summed E-state index contributed by atoms with van der Waals surface area (Å²) in [5.41, 5.74) is 7.45. The lowest BCUT2D eigenvalue weighted by Gasteiger charge is -2.37. The minimum Gasteiger partial charge on any atom is -0.334 e. The molecule has 0 saturated carbocycles. The molecule has 0 spiro atoms. The predicted molar refractivity (Wildman–Crippen MR) is 67.5 cm³/mol. The first kappa shape index (κ1) is 11.2. The van der Waals surface area contributed by atoms with Crippen molar-refractivity contribution in [3.05, 3.63) is 18.2 Å². The first-order chi connectivity index (χ1) is 8.28. The van der Waals surface area contributed by atoms with E-state index in [1.165, 1.54) is 31.4 Å². The van der Waals surface area contributed by atoms with Gasteiger partial charge in [0.05, 0.1) is 12.0 Å². The van der Waals surface area contributed by atoms with Gasteiger partial charge in [-0.2, -0.15) is 0 Å². The van der Waals surface area contributed by atoms with Crippen LogP contribution in [0.25, 0.3) is 0 Å². The van der Waals surface area contributed by atoms with E-state index in [-0.39, 0.29) is 0 Å². The number of aryl methyl sites for hydroxylation is 1. The Balaban J connectivity index is 1.74. The van der Waals surface area contributed by atoms with Crippen molar-refractivity contribution >= 4 is 0 Å². The molecule has 2 N–H and O–H groups in total. The number of rotatable bonds is 3. The monoisotopic (exact) mass is 234 g/mol. The molecule has 0 radical (unpaired) electrons. The SMILES string of the molecule is CCn1cncc1CN1C2CCC1CC(N)C2. The van der Waals surface area contributed by atoms with Crippen molar-refractivity contribution in [2.75, 3.05) is 0 Å². The summed E-state index contributed by atoms with van der Waals surface area (Å²) in [5, 5.41) is 0. The molecule has 1 aromatic rings. The van der Waals surface area contributed by atoms with Crippen LogP contribution in [-0.4, -0.2) is 32.6 Å². The molecule has 2 bridgehead atoms. The Morgan fingerprint density at radius 3 is 2.71 bits per heavy atom. The number of aromatic nitrogens is 2. The average molecular weight is 234 g/mol. The van der Waals surface area contributed by atoms with Crippen molar-refractivity contribution in [2.24, 2.45) is 5.73 Å². The molecule has 2 aliphatic rings. The summed E-state index contributed by atoms with van der Waals surface area (Å²) in [6.07, 6.45) is 8.97. The first-order valence-corrected chi connectivity index (χ1v) is 6.78. The standard InChI is InChI=1S/C13H22N4/c1-2-16-9-15-7-13(16)8-17-11-3-4-12(17)6-10(14)5-11/h7,9-12H,2-6,8,14H2,1H3. The molecule has 17 heavy (non-hydrogen) atoms. The minimum atomic E-state index is 0.430. The van der Waals surface area contributed by atoms with E-state index in [0.717, 1.165) is 13.1 Å². The summed E-state index contributed by atoms with van der Waals surface area (Å²) in [6, 6.07) is 1.85. The van der Waals surface area contributed by atoms with Gasteiger partial charge >= 0.3 is 0 Å². The first-order valence-electron chi connectivity index (χ1n) is 6.78. The van der Waals surface area contributed by atoms with E-state index in [1.54, 1.807) is 0 Å². The Kier molecular flexibility index (Phi) is 2.92. The number of hydrogen-bond acceptors (Lipinski definition) is 3. The molecular weight excluding hydrogens is 212 g/mol. The van der Waals surface area contributed by atoms with Crippen LogP contribution >= 0.6 is 0 Å². The molecule has 1 aromatic heterocycles. The molecule has 0 aromatic carbocycles. The van der Waals surface area contributed by atoms with E-state index in [9.17, 15) is 0 Å². The van der Waals surface area contributed by atoms with E-state index in [0.29, 0.717) is 18.1 Å².